The summed E-state index contributed by atoms with van der Waals surface area (Å²) in [6, 6.07) is 6.32. The van der Waals surface area contributed by atoms with Crippen LogP contribution < -0.4 is 10.3 Å². The molecule has 0 aliphatic carbocycles. The number of sulfonamides is 1. The lowest BCUT2D eigenvalue weighted by molar-refractivity contribution is -0.116. The van der Waals surface area contributed by atoms with Crippen molar-refractivity contribution < 1.29 is 22.7 Å². The molecule has 1 aliphatic heterocycles. The number of benzene rings is 1. The first-order valence-corrected chi connectivity index (χ1v) is 9.50. The largest absolute Gasteiger partial charge is 0.444 e. The predicted molar refractivity (Wildman–Crippen MR) is 95.5 cm³/mol. The molecule has 1 aromatic carbocycles. The second kappa shape index (κ2) is 7.46. The van der Waals surface area contributed by atoms with Gasteiger partial charge in [0.25, 0.3) is 10.0 Å². The first-order chi connectivity index (χ1) is 12.0. The van der Waals surface area contributed by atoms with Gasteiger partial charge in [-0.3, -0.25) is 9.69 Å². The van der Waals surface area contributed by atoms with Gasteiger partial charge in [-0.15, -0.1) is 4.83 Å². The average molecular weight is 381 g/mol. The molecule has 0 spiro atoms. The first kappa shape index (κ1) is 19.9. The number of carbonyl (C=O) groups excluding carboxylic acids is 2. The lowest BCUT2D eigenvalue weighted by atomic mass is 10.2. The summed E-state index contributed by atoms with van der Waals surface area (Å²) in [7, 11) is -3.81. The van der Waals surface area contributed by atoms with Gasteiger partial charge in [0.05, 0.1) is 23.7 Å². The Morgan fingerprint density at radius 2 is 1.77 bits per heavy atom. The SMILES string of the molecule is Cc1ccc(S(=O)(=O)NNC2=CC(=O)CN(C(=O)OC(C)(C)C)C2)cc1. The maximum absolute atomic E-state index is 12.3. The quantitative estimate of drug-likeness (QED) is 0.766. The minimum Gasteiger partial charge on any atom is -0.444 e. The van der Waals surface area contributed by atoms with Crippen LogP contribution in [-0.4, -0.2) is 43.9 Å². The van der Waals surface area contributed by atoms with E-state index in [2.05, 4.69) is 10.3 Å². The summed E-state index contributed by atoms with van der Waals surface area (Å²) in [5.74, 6) is -0.334. The third-order valence-corrected chi connectivity index (χ3v) is 4.64. The van der Waals surface area contributed by atoms with Crippen LogP contribution in [0.4, 0.5) is 4.79 Å². The van der Waals surface area contributed by atoms with Crippen molar-refractivity contribution in [3.63, 3.8) is 0 Å². The molecule has 1 aliphatic rings. The topological polar surface area (TPSA) is 105 Å². The summed E-state index contributed by atoms with van der Waals surface area (Å²) in [6.07, 6.45) is 0.623. The fourth-order valence-corrected chi connectivity index (χ4v) is 3.05. The van der Waals surface area contributed by atoms with Crippen LogP contribution in [0.2, 0.25) is 0 Å². The normalized spacial score (nSPS) is 15.5. The van der Waals surface area contributed by atoms with E-state index in [1.807, 2.05) is 6.92 Å². The Morgan fingerprint density at radius 1 is 1.15 bits per heavy atom. The molecule has 8 nitrogen and oxygen atoms in total. The highest BCUT2D eigenvalue weighted by atomic mass is 32.2. The van der Waals surface area contributed by atoms with Crippen molar-refractivity contribution in [1.29, 1.82) is 0 Å². The number of nitrogens with one attached hydrogen (secondary N) is 2. The van der Waals surface area contributed by atoms with Gasteiger partial charge < -0.3 is 10.2 Å². The Hall–Kier alpha value is -2.39. The zero-order chi connectivity index (χ0) is 19.5. The molecule has 2 rings (SSSR count). The number of ether oxygens (including phenoxy) is 1. The van der Waals surface area contributed by atoms with Gasteiger partial charge in [0.1, 0.15) is 5.60 Å². The molecule has 1 heterocycles. The standard InChI is InChI=1S/C17H23N3O5S/c1-12-5-7-15(8-6-12)26(23,24)19-18-13-9-14(21)11-20(10-13)16(22)25-17(2,3)4/h5-9,18-19H,10-11H2,1-4H3. The van der Waals surface area contributed by atoms with Crippen LogP contribution in [0.1, 0.15) is 26.3 Å². The van der Waals surface area contributed by atoms with Crippen LogP contribution in [0.3, 0.4) is 0 Å². The summed E-state index contributed by atoms with van der Waals surface area (Å²) in [5, 5.41) is 0. The smallest absolute Gasteiger partial charge is 0.411 e. The fraction of sp³-hybridized carbons (Fsp3) is 0.412. The van der Waals surface area contributed by atoms with Crippen LogP contribution in [0.5, 0.6) is 0 Å². The van der Waals surface area contributed by atoms with Crippen LogP contribution in [0.15, 0.2) is 40.9 Å². The van der Waals surface area contributed by atoms with Crippen LogP contribution in [0.25, 0.3) is 0 Å². The van der Waals surface area contributed by atoms with Crippen molar-refractivity contribution >= 4 is 21.9 Å². The molecule has 0 bridgehead atoms. The number of amides is 1. The van der Waals surface area contributed by atoms with Crippen molar-refractivity contribution in [3.05, 3.63) is 41.6 Å². The zero-order valence-electron chi connectivity index (χ0n) is 15.2. The highest BCUT2D eigenvalue weighted by molar-refractivity contribution is 7.89. The molecule has 0 saturated heterocycles. The van der Waals surface area contributed by atoms with E-state index in [0.29, 0.717) is 0 Å². The molecule has 1 amide bonds. The lowest BCUT2D eigenvalue weighted by Gasteiger charge is -2.29. The van der Waals surface area contributed by atoms with Crippen LogP contribution >= 0.6 is 0 Å². The number of nitrogens with zero attached hydrogens (tertiary/aromatic N) is 1. The first-order valence-electron chi connectivity index (χ1n) is 8.02. The van der Waals surface area contributed by atoms with Crippen molar-refractivity contribution in [1.82, 2.24) is 15.2 Å². The van der Waals surface area contributed by atoms with Gasteiger partial charge in [0.2, 0.25) is 0 Å². The van der Waals surface area contributed by atoms with Crippen molar-refractivity contribution in [2.45, 2.75) is 38.2 Å². The third-order valence-electron chi connectivity index (χ3n) is 3.37. The van der Waals surface area contributed by atoms with E-state index in [-0.39, 0.29) is 29.5 Å². The Morgan fingerprint density at radius 3 is 2.35 bits per heavy atom. The molecule has 2 N–H and O–H groups in total. The lowest BCUT2D eigenvalue weighted by Crippen LogP contribution is -2.47. The van der Waals surface area contributed by atoms with E-state index in [1.54, 1.807) is 32.9 Å². The molecule has 1 aromatic rings. The average Bonchev–Trinajstić information content (AvgIpc) is 2.51. The monoisotopic (exact) mass is 381 g/mol. The maximum atomic E-state index is 12.3. The predicted octanol–water partition coefficient (Wildman–Crippen LogP) is 1.48. The van der Waals surface area contributed by atoms with E-state index in [4.69, 9.17) is 4.74 Å². The summed E-state index contributed by atoms with van der Waals surface area (Å²) < 4.78 is 29.8. The third kappa shape index (κ3) is 5.57. The van der Waals surface area contributed by atoms with Gasteiger partial charge >= 0.3 is 6.09 Å². The van der Waals surface area contributed by atoms with Crippen molar-refractivity contribution in [2.75, 3.05) is 13.1 Å². The number of rotatable bonds is 4. The van der Waals surface area contributed by atoms with Gasteiger partial charge in [-0.05, 0) is 39.8 Å². The molecular weight excluding hydrogens is 358 g/mol. The van der Waals surface area contributed by atoms with Gasteiger partial charge in [0, 0.05) is 6.08 Å². The van der Waals surface area contributed by atoms with E-state index >= 15 is 0 Å². The molecule has 0 fully saturated rings. The van der Waals surface area contributed by atoms with E-state index in [0.717, 1.165) is 5.56 Å². The minimum atomic E-state index is -3.81. The molecule has 0 atom stereocenters. The summed E-state index contributed by atoms with van der Waals surface area (Å²) in [6.45, 7) is 6.93. The second-order valence-corrected chi connectivity index (χ2v) is 8.70. The zero-order valence-corrected chi connectivity index (χ0v) is 16.0. The molecule has 0 aromatic heterocycles. The molecular formula is C17H23N3O5S. The number of carbonyl (C=O) groups is 2. The fourth-order valence-electron chi connectivity index (χ4n) is 2.18. The number of hydrogen-bond acceptors (Lipinski definition) is 6. The van der Waals surface area contributed by atoms with E-state index < -0.39 is 21.7 Å². The summed E-state index contributed by atoms with van der Waals surface area (Å²) in [4.78, 5) is 27.5. The van der Waals surface area contributed by atoms with Crippen molar-refractivity contribution in [2.24, 2.45) is 0 Å². The van der Waals surface area contributed by atoms with Gasteiger partial charge in [-0.1, -0.05) is 17.7 Å². The van der Waals surface area contributed by atoms with Crippen LogP contribution in [0, 0.1) is 6.92 Å². The van der Waals surface area contributed by atoms with E-state index in [9.17, 15) is 18.0 Å². The molecule has 26 heavy (non-hydrogen) atoms. The molecule has 0 radical (unpaired) electrons. The molecule has 0 unspecified atom stereocenters. The Balaban J connectivity index is 2.03. The molecule has 9 heteroatoms. The highest BCUT2D eigenvalue weighted by Gasteiger charge is 2.27. The number of hydrazine groups is 1. The van der Waals surface area contributed by atoms with Crippen LogP contribution in [-0.2, 0) is 19.6 Å². The Kier molecular flexibility index (Phi) is 5.72. The summed E-state index contributed by atoms with van der Waals surface area (Å²) in [5.41, 5.74) is 3.00. The highest BCUT2D eigenvalue weighted by Crippen LogP contribution is 2.14. The summed E-state index contributed by atoms with van der Waals surface area (Å²) >= 11 is 0. The van der Waals surface area contributed by atoms with Gasteiger partial charge in [0.15, 0.2) is 5.78 Å². The molecule has 142 valence electrons. The second-order valence-electron chi connectivity index (χ2n) is 7.02. The number of aryl methyl sites for hydroxylation is 1. The number of ketones is 1. The maximum Gasteiger partial charge on any atom is 0.411 e. The Labute approximate surface area is 153 Å². The minimum absolute atomic E-state index is 0.0249. The van der Waals surface area contributed by atoms with E-state index in [1.165, 1.54) is 23.1 Å². The molecule has 0 saturated carbocycles. The number of hydrogen-bond donors (Lipinski definition) is 2. The Bertz CT molecular complexity index is 823. The van der Waals surface area contributed by atoms with Crippen molar-refractivity contribution in [3.8, 4) is 0 Å². The van der Waals surface area contributed by atoms with Gasteiger partial charge in [-0.25, -0.2) is 13.2 Å². The van der Waals surface area contributed by atoms with Gasteiger partial charge in [-0.2, -0.15) is 0 Å².